The fourth-order valence-corrected chi connectivity index (χ4v) is 7.00. The van der Waals surface area contributed by atoms with E-state index in [2.05, 4.69) is 15.0 Å². The molecule has 0 spiro atoms. The van der Waals surface area contributed by atoms with Gasteiger partial charge >= 0.3 is 0 Å². The normalized spacial score (nSPS) is 33.3. The number of aryl methyl sites for hydroxylation is 1. The molecule has 1 aromatic heterocycles. The molecule has 2 atom stereocenters. The van der Waals surface area contributed by atoms with Crippen LogP contribution in [0.1, 0.15) is 24.6 Å². The predicted molar refractivity (Wildman–Crippen MR) is 103 cm³/mol. The summed E-state index contributed by atoms with van der Waals surface area (Å²) < 4.78 is 46.2. The van der Waals surface area contributed by atoms with Gasteiger partial charge in [-0.1, -0.05) is 5.16 Å². The number of ether oxygens (including phenoxy) is 2. The summed E-state index contributed by atoms with van der Waals surface area (Å²) in [5, 5.41) is 4.01. The van der Waals surface area contributed by atoms with Crippen molar-refractivity contribution in [3.8, 4) is 0 Å². The molecule has 5 rings (SSSR count). The molecular weight excluding hydrogens is 398 g/mol. The Bertz CT molecular complexity index is 835. The van der Waals surface area contributed by atoms with Crippen molar-refractivity contribution < 1.29 is 22.4 Å². The molecule has 11 heteroatoms. The molecule has 29 heavy (non-hydrogen) atoms. The zero-order valence-electron chi connectivity index (χ0n) is 16.8. The van der Waals surface area contributed by atoms with Gasteiger partial charge in [0.05, 0.1) is 18.6 Å². The van der Waals surface area contributed by atoms with Crippen LogP contribution in [0.3, 0.4) is 0 Å². The Balaban J connectivity index is 1.42. The van der Waals surface area contributed by atoms with Gasteiger partial charge in [0.15, 0.2) is 5.82 Å². The Kier molecular flexibility index (Phi) is 5.16. The highest BCUT2D eigenvalue weighted by Gasteiger charge is 2.60. The van der Waals surface area contributed by atoms with Gasteiger partial charge in [0, 0.05) is 64.4 Å². The minimum absolute atomic E-state index is 0.140. The fraction of sp³-hybridized carbons (Fsp3) is 0.889. The number of morpholine rings is 1. The van der Waals surface area contributed by atoms with Crippen molar-refractivity contribution in [2.45, 2.75) is 31.2 Å². The lowest BCUT2D eigenvalue weighted by Gasteiger charge is -2.34. The summed E-state index contributed by atoms with van der Waals surface area (Å²) in [6.45, 7) is 7.56. The van der Waals surface area contributed by atoms with Gasteiger partial charge in [-0.25, -0.2) is 0 Å². The van der Waals surface area contributed by atoms with Gasteiger partial charge in [-0.2, -0.15) is 22.0 Å². The minimum Gasteiger partial charge on any atom is -0.381 e. The van der Waals surface area contributed by atoms with E-state index >= 15 is 0 Å². The summed E-state index contributed by atoms with van der Waals surface area (Å²) in [5.74, 6) is 1.31. The topological polar surface area (TPSA) is 101 Å². The number of fused-ring (bicyclic) bond motifs is 1. The van der Waals surface area contributed by atoms with Crippen molar-refractivity contribution in [2.24, 2.45) is 5.92 Å². The predicted octanol–water partition coefficient (Wildman–Crippen LogP) is -0.381. The lowest BCUT2D eigenvalue weighted by Crippen LogP contribution is -2.50. The maximum Gasteiger partial charge on any atom is 0.282 e. The first-order valence-electron chi connectivity index (χ1n) is 10.4. The third-order valence-electron chi connectivity index (χ3n) is 6.89. The van der Waals surface area contributed by atoms with Gasteiger partial charge in [-0.05, 0) is 19.8 Å². The highest BCUT2D eigenvalue weighted by atomic mass is 32.2. The van der Waals surface area contributed by atoms with Crippen LogP contribution < -0.4 is 0 Å². The Morgan fingerprint density at radius 2 is 1.72 bits per heavy atom. The van der Waals surface area contributed by atoms with Crippen LogP contribution in [0.5, 0.6) is 0 Å². The van der Waals surface area contributed by atoms with Crippen LogP contribution in [0.4, 0.5) is 0 Å². The average molecular weight is 428 g/mol. The first-order chi connectivity index (χ1) is 14.0. The van der Waals surface area contributed by atoms with Crippen LogP contribution in [-0.4, -0.2) is 104 Å². The summed E-state index contributed by atoms with van der Waals surface area (Å²) in [6.07, 6.45) is 2.03. The van der Waals surface area contributed by atoms with Crippen LogP contribution in [0, 0.1) is 12.8 Å². The summed E-state index contributed by atoms with van der Waals surface area (Å²) >= 11 is 0. The average Bonchev–Trinajstić information content (AvgIpc) is 3.42. The molecule has 4 aliphatic rings. The van der Waals surface area contributed by atoms with Crippen LogP contribution in [0.15, 0.2) is 4.52 Å². The standard InChI is InChI=1S/C18H29N5O5S/c1-14-19-17(28-20-14)18-12-21(16-2-6-26-7-3-16)10-15(18)11-23(13-18)29(24,25)22-4-8-27-9-5-22/h15-16H,2-13H2,1H3/t15-,18-/m1/s1. The van der Waals surface area contributed by atoms with Gasteiger partial charge in [0.2, 0.25) is 5.89 Å². The second-order valence-corrected chi connectivity index (χ2v) is 10.5. The second kappa shape index (κ2) is 7.54. The number of aromatic nitrogens is 2. The van der Waals surface area contributed by atoms with Crippen molar-refractivity contribution in [3.63, 3.8) is 0 Å². The van der Waals surface area contributed by atoms with Gasteiger partial charge in [-0.15, -0.1) is 0 Å². The minimum atomic E-state index is -3.53. The van der Waals surface area contributed by atoms with E-state index in [1.165, 1.54) is 0 Å². The lowest BCUT2D eigenvalue weighted by atomic mass is 9.81. The number of rotatable bonds is 4. The molecule has 4 fully saturated rings. The molecule has 0 N–H and O–H groups in total. The Morgan fingerprint density at radius 3 is 2.41 bits per heavy atom. The van der Waals surface area contributed by atoms with Gasteiger partial charge < -0.3 is 14.0 Å². The third-order valence-corrected chi connectivity index (χ3v) is 8.84. The van der Waals surface area contributed by atoms with Gasteiger partial charge in [0.25, 0.3) is 10.2 Å². The van der Waals surface area contributed by atoms with E-state index < -0.39 is 15.6 Å². The Hall–Kier alpha value is -1.11. The zero-order chi connectivity index (χ0) is 20.1. The molecule has 0 aromatic carbocycles. The van der Waals surface area contributed by atoms with E-state index in [-0.39, 0.29) is 5.92 Å². The van der Waals surface area contributed by atoms with Crippen molar-refractivity contribution in [1.29, 1.82) is 0 Å². The molecular formula is C18H29N5O5S. The number of hydrogen-bond donors (Lipinski definition) is 0. The Morgan fingerprint density at radius 1 is 1.00 bits per heavy atom. The molecule has 0 aliphatic carbocycles. The molecule has 5 heterocycles. The fourth-order valence-electron chi connectivity index (χ4n) is 5.30. The highest BCUT2D eigenvalue weighted by molar-refractivity contribution is 7.86. The van der Waals surface area contributed by atoms with Gasteiger partial charge in [-0.3, -0.25) is 4.90 Å². The van der Waals surface area contributed by atoms with Crippen LogP contribution in [-0.2, 0) is 25.1 Å². The molecule has 0 unspecified atom stereocenters. The third kappa shape index (κ3) is 3.41. The van der Waals surface area contributed by atoms with E-state index in [1.54, 1.807) is 15.5 Å². The molecule has 4 aliphatic heterocycles. The van der Waals surface area contributed by atoms with Crippen molar-refractivity contribution >= 4 is 10.2 Å². The van der Waals surface area contributed by atoms with E-state index in [0.29, 0.717) is 57.1 Å². The van der Waals surface area contributed by atoms with Crippen LogP contribution in [0.2, 0.25) is 0 Å². The zero-order valence-corrected chi connectivity index (χ0v) is 17.6. The van der Waals surface area contributed by atoms with E-state index in [4.69, 9.17) is 14.0 Å². The summed E-state index contributed by atoms with van der Waals surface area (Å²) in [5.41, 5.74) is -0.446. The second-order valence-electron chi connectivity index (χ2n) is 8.58. The first kappa shape index (κ1) is 19.8. The van der Waals surface area contributed by atoms with E-state index in [9.17, 15) is 8.42 Å². The van der Waals surface area contributed by atoms with Crippen LogP contribution in [0.25, 0.3) is 0 Å². The molecule has 0 bridgehead atoms. The quantitative estimate of drug-likeness (QED) is 0.641. The van der Waals surface area contributed by atoms with Crippen molar-refractivity contribution in [3.05, 3.63) is 11.7 Å². The summed E-state index contributed by atoms with van der Waals surface area (Å²) in [6, 6.07) is 0.472. The van der Waals surface area contributed by atoms with Crippen molar-refractivity contribution in [1.82, 2.24) is 23.7 Å². The monoisotopic (exact) mass is 427 g/mol. The highest BCUT2D eigenvalue weighted by Crippen LogP contribution is 2.46. The van der Waals surface area contributed by atoms with E-state index in [1.807, 2.05) is 0 Å². The number of hydrogen-bond acceptors (Lipinski definition) is 8. The summed E-state index contributed by atoms with van der Waals surface area (Å²) in [4.78, 5) is 7.04. The SMILES string of the molecule is Cc1noc([C@@]23CN(C4CCOCC4)C[C@@H]2CN(S(=O)(=O)N2CCOCC2)C3)n1. The van der Waals surface area contributed by atoms with Crippen molar-refractivity contribution in [2.75, 3.05) is 65.7 Å². The molecule has 4 saturated heterocycles. The molecule has 0 radical (unpaired) electrons. The largest absolute Gasteiger partial charge is 0.381 e. The number of likely N-dealkylation sites (tertiary alicyclic amines) is 1. The smallest absolute Gasteiger partial charge is 0.282 e. The Labute approximate surface area is 171 Å². The molecule has 0 saturated carbocycles. The number of nitrogens with zero attached hydrogens (tertiary/aromatic N) is 5. The van der Waals surface area contributed by atoms with E-state index in [0.717, 1.165) is 39.1 Å². The molecule has 1 aromatic rings. The first-order valence-corrected chi connectivity index (χ1v) is 11.8. The van der Waals surface area contributed by atoms with Gasteiger partial charge in [0.1, 0.15) is 0 Å². The van der Waals surface area contributed by atoms with Crippen LogP contribution >= 0.6 is 0 Å². The maximum absolute atomic E-state index is 13.3. The molecule has 162 valence electrons. The molecule has 10 nitrogen and oxygen atoms in total. The maximum atomic E-state index is 13.3. The lowest BCUT2D eigenvalue weighted by molar-refractivity contribution is 0.0379. The summed E-state index contributed by atoms with van der Waals surface area (Å²) in [7, 11) is -3.53. The molecule has 0 amide bonds.